The van der Waals surface area contributed by atoms with Crippen molar-refractivity contribution in [3.63, 3.8) is 0 Å². The number of amides is 2. The van der Waals surface area contributed by atoms with Crippen molar-refractivity contribution < 1.29 is 19.1 Å². The maximum Gasteiger partial charge on any atom is 0.410 e. The predicted octanol–water partition coefficient (Wildman–Crippen LogP) is 1.42. The summed E-state index contributed by atoms with van der Waals surface area (Å²) in [5.74, 6) is 0.753. The van der Waals surface area contributed by atoms with Gasteiger partial charge in [0.1, 0.15) is 18.9 Å². The highest BCUT2D eigenvalue weighted by Crippen LogP contribution is 2.34. The van der Waals surface area contributed by atoms with Gasteiger partial charge in [-0.2, -0.15) is 0 Å². The summed E-state index contributed by atoms with van der Waals surface area (Å²) in [7, 11) is 1.63. The molecule has 0 saturated carbocycles. The molecule has 112 valence electrons. The van der Waals surface area contributed by atoms with Gasteiger partial charge < -0.3 is 14.4 Å². The Kier molecular flexibility index (Phi) is 3.68. The van der Waals surface area contributed by atoms with E-state index in [4.69, 9.17) is 9.47 Å². The lowest BCUT2D eigenvalue weighted by Gasteiger charge is -2.42. The molecular weight excluding hydrogens is 272 g/mol. The summed E-state index contributed by atoms with van der Waals surface area (Å²) in [5, 5.41) is 0. The molecular formula is C15H18N2O4. The summed E-state index contributed by atoms with van der Waals surface area (Å²) in [6, 6.07) is 7.83. The van der Waals surface area contributed by atoms with Crippen molar-refractivity contribution >= 4 is 12.0 Å². The van der Waals surface area contributed by atoms with Crippen molar-refractivity contribution in [2.45, 2.75) is 12.5 Å². The molecule has 0 bridgehead atoms. The Morgan fingerprint density at radius 2 is 2.29 bits per heavy atom. The first-order valence-electron chi connectivity index (χ1n) is 7.04. The summed E-state index contributed by atoms with van der Waals surface area (Å²) in [6.45, 7) is 1.68. The fourth-order valence-corrected chi connectivity index (χ4v) is 2.70. The van der Waals surface area contributed by atoms with Crippen molar-refractivity contribution in [2.75, 3.05) is 33.4 Å². The number of cyclic esters (lactones) is 1. The first kappa shape index (κ1) is 13.7. The van der Waals surface area contributed by atoms with Crippen molar-refractivity contribution in [3.8, 4) is 5.75 Å². The van der Waals surface area contributed by atoms with E-state index in [1.54, 1.807) is 12.0 Å². The zero-order valence-electron chi connectivity index (χ0n) is 11.9. The minimum atomic E-state index is -0.401. The number of likely N-dealkylation sites (tertiary alicyclic amines) is 1. The Morgan fingerprint density at radius 1 is 1.43 bits per heavy atom. The Morgan fingerprint density at radius 3 is 2.90 bits per heavy atom. The van der Waals surface area contributed by atoms with E-state index in [1.165, 1.54) is 4.90 Å². The van der Waals surface area contributed by atoms with Gasteiger partial charge in [-0.1, -0.05) is 12.1 Å². The third-order valence-corrected chi connectivity index (χ3v) is 3.99. The highest BCUT2D eigenvalue weighted by molar-refractivity contribution is 5.83. The molecule has 1 aromatic carbocycles. The van der Waals surface area contributed by atoms with Crippen LogP contribution in [-0.2, 0) is 9.53 Å². The van der Waals surface area contributed by atoms with Crippen LogP contribution in [0.3, 0.4) is 0 Å². The summed E-state index contributed by atoms with van der Waals surface area (Å²) in [4.78, 5) is 27.0. The van der Waals surface area contributed by atoms with Crippen LogP contribution in [0.2, 0.25) is 0 Å². The smallest absolute Gasteiger partial charge is 0.410 e. The molecule has 0 N–H and O–H groups in total. The van der Waals surface area contributed by atoms with Crippen LogP contribution in [0.25, 0.3) is 0 Å². The molecule has 3 rings (SSSR count). The fourth-order valence-electron chi connectivity index (χ4n) is 2.70. The van der Waals surface area contributed by atoms with E-state index in [2.05, 4.69) is 0 Å². The second-order valence-corrected chi connectivity index (χ2v) is 5.20. The van der Waals surface area contributed by atoms with Crippen molar-refractivity contribution in [3.05, 3.63) is 29.8 Å². The summed E-state index contributed by atoms with van der Waals surface area (Å²) < 4.78 is 10.1. The Labute approximate surface area is 123 Å². The number of benzene rings is 1. The second kappa shape index (κ2) is 5.63. The highest BCUT2D eigenvalue weighted by atomic mass is 16.6. The minimum absolute atomic E-state index is 0.0343. The molecule has 6 nitrogen and oxygen atoms in total. The van der Waals surface area contributed by atoms with Crippen molar-refractivity contribution in [2.24, 2.45) is 0 Å². The van der Waals surface area contributed by atoms with E-state index in [1.807, 2.05) is 24.3 Å². The number of nitrogens with zero attached hydrogens (tertiary/aromatic N) is 2. The quantitative estimate of drug-likeness (QED) is 0.841. The topological polar surface area (TPSA) is 59.1 Å². The van der Waals surface area contributed by atoms with E-state index in [9.17, 15) is 9.59 Å². The van der Waals surface area contributed by atoms with Gasteiger partial charge in [0.2, 0.25) is 5.91 Å². The number of ether oxygens (including phenoxy) is 2. The van der Waals surface area contributed by atoms with Gasteiger partial charge in [0.15, 0.2) is 0 Å². The van der Waals surface area contributed by atoms with Crippen molar-refractivity contribution in [1.29, 1.82) is 0 Å². The molecule has 2 amide bonds. The zero-order chi connectivity index (χ0) is 14.8. The van der Waals surface area contributed by atoms with Gasteiger partial charge in [-0.25, -0.2) is 4.79 Å². The van der Waals surface area contributed by atoms with Gasteiger partial charge in [-0.15, -0.1) is 0 Å². The number of carbonyl (C=O) groups excluding carboxylic acids is 2. The van der Waals surface area contributed by atoms with E-state index in [-0.39, 0.29) is 18.5 Å². The van der Waals surface area contributed by atoms with Crippen LogP contribution >= 0.6 is 0 Å². The molecule has 2 saturated heterocycles. The standard InChI is InChI=1S/C15H18N2O4/c1-20-12-4-2-3-11(9-12)13-5-6-17(13)14(18)10-16-7-8-21-15(16)19/h2-4,9,13H,5-8,10H2,1H3/t13-/m0/s1. The van der Waals surface area contributed by atoms with E-state index in [0.29, 0.717) is 13.2 Å². The third kappa shape index (κ3) is 2.66. The summed E-state index contributed by atoms with van der Waals surface area (Å²) in [5.41, 5.74) is 1.07. The number of carbonyl (C=O) groups is 2. The first-order chi connectivity index (χ1) is 10.2. The van der Waals surface area contributed by atoms with E-state index >= 15 is 0 Å². The molecule has 0 radical (unpaired) electrons. The minimum Gasteiger partial charge on any atom is -0.497 e. The highest BCUT2D eigenvalue weighted by Gasteiger charge is 2.35. The maximum atomic E-state index is 12.3. The molecule has 1 atom stereocenters. The van der Waals surface area contributed by atoms with Gasteiger partial charge in [0.05, 0.1) is 19.7 Å². The molecule has 0 aliphatic carbocycles. The lowest BCUT2D eigenvalue weighted by atomic mass is 9.94. The Bertz CT molecular complexity index is 560. The van der Waals surface area contributed by atoms with Gasteiger partial charge >= 0.3 is 6.09 Å². The van der Waals surface area contributed by atoms with Gasteiger partial charge in [0.25, 0.3) is 0 Å². The van der Waals surface area contributed by atoms with Crippen LogP contribution < -0.4 is 4.74 Å². The van der Waals surface area contributed by atoms with Crippen molar-refractivity contribution in [1.82, 2.24) is 9.80 Å². The van der Waals surface area contributed by atoms with Crippen LogP contribution in [0.1, 0.15) is 18.0 Å². The number of hydrogen-bond donors (Lipinski definition) is 0. The van der Waals surface area contributed by atoms with Gasteiger partial charge in [-0.3, -0.25) is 9.69 Å². The monoisotopic (exact) mass is 290 g/mol. The molecule has 2 aliphatic rings. The van der Waals surface area contributed by atoms with Crippen LogP contribution in [0.4, 0.5) is 4.79 Å². The van der Waals surface area contributed by atoms with Crippen LogP contribution in [0.5, 0.6) is 5.75 Å². The molecule has 21 heavy (non-hydrogen) atoms. The fraction of sp³-hybridized carbons (Fsp3) is 0.467. The molecule has 2 aliphatic heterocycles. The number of methoxy groups -OCH3 is 1. The summed E-state index contributed by atoms with van der Waals surface area (Å²) in [6.07, 6.45) is 0.533. The SMILES string of the molecule is COc1cccc([C@@H]2CCN2C(=O)CN2CCOC2=O)c1. The Hall–Kier alpha value is -2.24. The van der Waals surface area contributed by atoms with Crippen LogP contribution in [0, 0.1) is 0 Å². The zero-order valence-corrected chi connectivity index (χ0v) is 11.9. The second-order valence-electron chi connectivity index (χ2n) is 5.20. The summed E-state index contributed by atoms with van der Waals surface area (Å²) >= 11 is 0. The molecule has 0 aromatic heterocycles. The molecule has 0 unspecified atom stereocenters. The van der Waals surface area contributed by atoms with Crippen LogP contribution in [-0.4, -0.2) is 55.2 Å². The van der Waals surface area contributed by atoms with Gasteiger partial charge in [-0.05, 0) is 24.1 Å². The largest absolute Gasteiger partial charge is 0.497 e. The first-order valence-corrected chi connectivity index (χ1v) is 7.04. The number of rotatable bonds is 4. The predicted molar refractivity (Wildman–Crippen MR) is 75.0 cm³/mol. The maximum absolute atomic E-state index is 12.3. The lowest BCUT2D eigenvalue weighted by Crippen LogP contribution is -2.49. The average molecular weight is 290 g/mol. The molecule has 0 spiro atoms. The average Bonchev–Trinajstić information content (AvgIpc) is 2.83. The Balaban J connectivity index is 1.66. The van der Waals surface area contributed by atoms with Crippen LogP contribution in [0.15, 0.2) is 24.3 Å². The lowest BCUT2D eigenvalue weighted by molar-refractivity contribution is -0.139. The normalized spacial score (nSPS) is 21.0. The van der Waals surface area contributed by atoms with E-state index < -0.39 is 6.09 Å². The van der Waals surface area contributed by atoms with Gasteiger partial charge in [0, 0.05) is 6.54 Å². The molecule has 2 fully saturated rings. The van der Waals surface area contributed by atoms with E-state index in [0.717, 1.165) is 24.3 Å². The molecule has 6 heteroatoms. The third-order valence-electron chi connectivity index (χ3n) is 3.99. The number of hydrogen-bond acceptors (Lipinski definition) is 4. The molecule has 1 aromatic rings. The molecule has 2 heterocycles.